The number of hydrogen-bond donors (Lipinski definition) is 0. The average molecular weight is 271 g/mol. The number of methoxy groups -OCH3 is 2. The fourth-order valence-corrected chi connectivity index (χ4v) is 2.87. The molecular weight excluding hydrogens is 252 g/mol. The zero-order chi connectivity index (χ0) is 13.1. The molecule has 3 nitrogen and oxygen atoms in total. The lowest BCUT2D eigenvalue weighted by Gasteiger charge is -2.21. The van der Waals surface area contributed by atoms with Gasteiger partial charge >= 0.3 is 0 Å². The van der Waals surface area contributed by atoms with Crippen molar-refractivity contribution in [1.82, 2.24) is 0 Å². The summed E-state index contributed by atoms with van der Waals surface area (Å²) in [4.78, 5) is 0. The summed E-state index contributed by atoms with van der Waals surface area (Å²) in [7, 11) is 3.26. The van der Waals surface area contributed by atoms with Crippen molar-refractivity contribution < 1.29 is 14.2 Å². The van der Waals surface area contributed by atoms with Crippen LogP contribution in [0.5, 0.6) is 11.5 Å². The van der Waals surface area contributed by atoms with Gasteiger partial charge in [-0.05, 0) is 31.0 Å². The van der Waals surface area contributed by atoms with Crippen molar-refractivity contribution in [2.75, 3.05) is 20.8 Å². The summed E-state index contributed by atoms with van der Waals surface area (Å²) < 4.78 is 16.1. The molecule has 1 aromatic carbocycles. The second-order valence-corrected chi connectivity index (χ2v) is 5.01. The van der Waals surface area contributed by atoms with Gasteiger partial charge in [-0.25, -0.2) is 0 Å². The summed E-state index contributed by atoms with van der Waals surface area (Å²) in [6, 6.07) is 5.83. The number of rotatable bonds is 4. The molecule has 1 aliphatic rings. The molecule has 18 heavy (non-hydrogen) atoms. The van der Waals surface area contributed by atoms with Crippen LogP contribution in [0.1, 0.15) is 24.3 Å². The number of benzene rings is 1. The monoisotopic (exact) mass is 270 g/mol. The standard InChI is InChI=1S/C14H19ClO3/c1-9-11(6-7-18-9)14(15)10-4-5-12(16-2)13(8-10)17-3/h4-5,8-9,11,14H,6-7H2,1-3H3. The Bertz CT molecular complexity index is 408. The molecule has 1 aliphatic heterocycles. The normalized spacial score (nSPS) is 24.9. The molecule has 0 aromatic heterocycles. The zero-order valence-electron chi connectivity index (χ0n) is 11.0. The molecule has 0 aliphatic carbocycles. The number of alkyl halides is 1. The molecule has 1 heterocycles. The lowest BCUT2D eigenvalue weighted by molar-refractivity contribution is 0.105. The van der Waals surface area contributed by atoms with E-state index in [-0.39, 0.29) is 11.5 Å². The molecule has 1 aromatic rings. The molecule has 100 valence electrons. The van der Waals surface area contributed by atoms with E-state index in [0.717, 1.165) is 24.3 Å². The summed E-state index contributed by atoms with van der Waals surface area (Å²) in [6.45, 7) is 2.87. The first-order valence-corrected chi connectivity index (χ1v) is 6.58. The van der Waals surface area contributed by atoms with Gasteiger partial charge in [0.15, 0.2) is 11.5 Å². The second-order valence-electron chi connectivity index (χ2n) is 4.54. The summed E-state index contributed by atoms with van der Waals surface area (Å²) in [5.74, 6) is 1.79. The first kappa shape index (κ1) is 13.5. The summed E-state index contributed by atoms with van der Waals surface area (Å²) in [5, 5.41) is -0.0534. The minimum Gasteiger partial charge on any atom is -0.493 e. The van der Waals surface area contributed by atoms with Crippen LogP contribution in [-0.2, 0) is 4.74 Å². The van der Waals surface area contributed by atoms with Crippen LogP contribution in [0.2, 0.25) is 0 Å². The second kappa shape index (κ2) is 5.81. The quantitative estimate of drug-likeness (QED) is 0.785. The summed E-state index contributed by atoms with van der Waals surface area (Å²) >= 11 is 6.56. The zero-order valence-corrected chi connectivity index (χ0v) is 11.7. The van der Waals surface area contributed by atoms with E-state index in [4.69, 9.17) is 25.8 Å². The highest BCUT2D eigenvalue weighted by Crippen LogP contribution is 2.40. The van der Waals surface area contributed by atoms with E-state index in [0.29, 0.717) is 11.7 Å². The van der Waals surface area contributed by atoms with Crippen LogP contribution in [-0.4, -0.2) is 26.9 Å². The van der Waals surface area contributed by atoms with Crippen LogP contribution in [0.3, 0.4) is 0 Å². The topological polar surface area (TPSA) is 27.7 Å². The Kier molecular flexibility index (Phi) is 4.36. The van der Waals surface area contributed by atoms with Gasteiger partial charge in [0.25, 0.3) is 0 Å². The molecular formula is C14H19ClO3. The Morgan fingerprint density at radius 3 is 2.56 bits per heavy atom. The van der Waals surface area contributed by atoms with Crippen LogP contribution in [0, 0.1) is 5.92 Å². The van der Waals surface area contributed by atoms with Gasteiger partial charge in [-0.15, -0.1) is 11.6 Å². The Morgan fingerprint density at radius 2 is 2.00 bits per heavy atom. The van der Waals surface area contributed by atoms with Crippen LogP contribution in [0.15, 0.2) is 18.2 Å². The molecule has 0 spiro atoms. The van der Waals surface area contributed by atoms with Crippen molar-refractivity contribution >= 4 is 11.6 Å². The van der Waals surface area contributed by atoms with Gasteiger partial charge in [0, 0.05) is 12.5 Å². The van der Waals surface area contributed by atoms with E-state index in [1.165, 1.54) is 0 Å². The van der Waals surface area contributed by atoms with Gasteiger partial charge in [0.1, 0.15) is 0 Å². The lowest BCUT2D eigenvalue weighted by atomic mass is 9.93. The summed E-state index contributed by atoms with van der Waals surface area (Å²) in [6.07, 6.45) is 1.21. The maximum atomic E-state index is 6.56. The minimum atomic E-state index is -0.0534. The number of ether oxygens (including phenoxy) is 3. The molecule has 3 unspecified atom stereocenters. The van der Waals surface area contributed by atoms with Crippen molar-refractivity contribution in [3.8, 4) is 11.5 Å². The Hall–Kier alpha value is -0.930. The van der Waals surface area contributed by atoms with E-state index >= 15 is 0 Å². The third-order valence-electron chi connectivity index (χ3n) is 3.54. The van der Waals surface area contributed by atoms with Crippen molar-refractivity contribution in [3.63, 3.8) is 0 Å². The third-order valence-corrected chi connectivity index (χ3v) is 4.11. The van der Waals surface area contributed by atoms with Crippen LogP contribution in [0.4, 0.5) is 0 Å². The molecule has 0 bridgehead atoms. The van der Waals surface area contributed by atoms with E-state index < -0.39 is 0 Å². The molecule has 0 amide bonds. The molecule has 0 radical (unpaired) electrons. The maximum absolute atomic E-state index is 6.56. The molecule has 0 N–H and O–H groups in total. The lowest BCUT2D eigenvalue weighted by Crippen LogP contribution is -2.16. The Morgan fingerprint density at radius 1 is 1.28 bits per heavy atom. The highest BCUT2D eigenvalue weighted by molar-refractivity contribution is 6.21. The van der Waals surface area contributed by atoms with Crippen LogP contribution >= 0.6 is 11.6 Å². The van der Waals surface area contributed by atoms with Crippen molar-refractivity contribution in [2.45, 2.75) is 24.8 Å². The average Bonchev–Trinajstić information content (AvgIpc) is 2.83. The molecule has 1 fully saturated rings. The summed E-state index contributed by atoms with van der Waals surface area (Å²) in [5.41, 5.74) is 1.05. The Balaban J connectivity index is 2.22. The van der Waals surface area contributed by atoms with Gasteiger partial charge < -0.3 is 14.2 Å². The largest absolute Gasteiger partial charge is 0.493 e. The van der Waals surface area contributed by atoms with E-state index in [9.17, 15) is 0 Å². The van der Waals surface area contributed by atoms with E-state index in [2.05, 4.69) is 6.92 Å². The number of hydrogen-bond acceptors (Lipinski definition) is 3. The van der Waals surface area contributed by atoms with Crippen molar-refractivity contribution in [3.05, 3.63) is 23.8 Å². The predicted molar refractivity (Wildman–Crippen MR) is 71.7 cm³/mol. The van der Waals surface area contributed by atoms with Crippen LogP contribution in [0.25, 0.3) is 0 Å². The fourth-order valence-electron chi connectivity index (χ4n) is 2.40. The smallest absolute Gasteiger partial charge is 0.161 e. The fraction of sp³-hybridized carbons (Fsp3) is 0.571. The highest BCUT2D eigenvalue weighted by atomic mass is 35.5. The number of halogens is 1. The van der Waals surface area contributed by atoms with E-state index in [1.54, 1.807) is 14.2 Å². The van der Waals surface area contributed by atoms with Crippen molar-refractivity contribution in [1.29, 1.82) is 0 Å². The third kappa shape index (κ3) is 2.57. The molecule has 1 saturated heterocycles. The highest BCUT2D eigenvalue weighted by Gasteiger charge is 2.31. The first-order chi connectivity index (χ1) is 8.67. The minimum absolute atomic E-state index is 0.0534. The molecule has 0 saturated carbocycles. The van der Waals surface area contributed by atoms with Gasteiger partial charge in [-0.3, -0.25) is 0 Å². The SMILES string of the molecule is COc1ccc(C(Cl)C2CCOC2C)cc1OC. The van der Waals surface area contributed by atoms with Crippen LogP contribution < -0.4 is 9.47 Å². The molecule has 2 rings (SSSR count). The molecule has 3 atom stereocenters. The maximum Gasteiger partial charge on any atom is 0.161 e. The van der Waals surface area contributed by atoms with Gasteiger partial charge in [0.05, 0.1) is 25.7 Å². The predicted octanol–water partition coefficient (Wildman–Crippen LogP) is 3.41. The molecule has 4 heteroatoms. The van der Waals surface area contributed by atoms with E-state index in [1.807, 2.05) is 18.2 Å². The first-order valence-electron chi connectivity index (χ1n) is 6.15. The van der Waals surface area contributed by atoms with Crippen molar-refractivity contribution in [2.24, 2.45) is 5.92 Å². The van der Waals surface area contributed by atoms with Gasteiger partial charge in [-0.1, -0.05) is 6.07 Å². The van der Waals surface area contributed by atoms with Gasteiger partial charge in [0.2, 0.25) is 0 Å². The van der Waals surface area contributed by atoms with Gasteiger partial charge in [-0.2, -0.15) is 0 Å². The Labute approximate surface area is 113 Å².